The number of carbonyl (C=O) groups excluding carboxylic acids is 3. The Balaban J connectivity index is 1.47. The number of amides is 3. The molecular weight excluding hydrogens is 412 g/mol. The molecule has 1 aromatic rings. The molecule has 162 valence electrons. The number of hydrogen-bond donors (Lipinski definition) is 2. The highest BCUT2D eigenvalue weighted by Crippen LogP contribution is 2.30. The van der Waals surface area contributed by atoms with E-state index in [0.29, 0.717) is 42.7 Å². The molecule has 0 bridgehead atoms. The lowest BCUT2D eigenvalue weighted by atomic mass is 10.0. The molecule has 0 aliphatic carbocycles. The van der Waals surface area contributed by atoms with E-state index < -0.39 is 22.2 Å². The van der Waals surface area contributed by atoms with Gasteiger partial charge in [-0.25, -0.2) is 0 Å². The summed E-state index contributed by atoms with van der Waals surface area (Å²) in [6, 6.07) is 4.10. The lowest BCUT2D eigenvalue weighted by Crippen LogP contribution is -2.52. The summed E-state index contributed by atoms with van der Waals surface area (Å²) in [6.07, 6.45) is 1.78. The van der Waals surface area contributed by atoms with Gasteiger partial charge in [-0.05, 0) is 37.0 Å². The second kappa shape index (κ2) is 7.97. The van der Waals surface area contributed by atoms with Gasteiger partial charge < -0.3 is 9.64 Å². The first-order valence-corrected chi connectivity index (χ1v) is 11.3. The van der Waals surface area contributed by atoms with E-state index in [0.717, 1.165) is 0 Å². The van der Waals surface area contributed by atoms with Crippen LogP contribution in [0.4, 0.5) is 5.69 Å². The lowest BCUT2D eigenvalue weighted by molar-refractivity contribution is -0.136. The molecule has 10 nitrogen and oxygen atoms in total. The van der Waals surface area contributed by atoms with Gasteiger partial charge in [0.15, 0.2) is 0 Å². The third-order valence-electron chi connectivity index (χ3n) is 5.85. The van der Waals surface area contributed by atoms with Gasteiger partial charge in [-0.15, -0.1) is 0 Å². The van der Waals surface area contributed by atoms with Crippen molar-refractivity contribution in [2.45, 2.75) is 44.4 Å². The molecule has 4 rings (SSSR count). The second-order valence-corrected chi connectivity index (χ2v) is 9.38. The van der Waals surface area contributed by atoms with Gasteiger partial charge in [0.25, 0.3) is 5.91 Å². The summed E-state index contributed by atoms with van der Waals surface area (Å²) in [7, 11) is -2.13. The number of anilines is 1. The predicted octanol–water partition coefficient (Wildman–Crippen LogP) is 0.215. The van der Waals surface area contributed by atoms with Crippen LogP contribution in [0.2, 0.25) is 0 Å². The zero-order chi connectivity index (χ0) is 21.5. The first-order valence-electron chi connectivity index (χ1n) is 9.87. The Morgan fingerprint density at radius 1 is 1.13 bits per heavy atom. The molecule has 0 spiro atoms. The number of ether oxygens (including phenoxy) is 1. The normalized spacial score (nSPS) is 23.4. The van der Waals surface area contributed by atoms with E-state index in [1.54, 1.807) is 19.2 Å². The summed E-state index contributed by atoms with van der Waals surface area (Å²) < 4.78 is 34.6. The van der Waals surface area contributed by atoms with Gasteiger partial charge in [0.1, 0.15) is 6.04 Å². The van der Waals surface area contributed by atoms with Crippen molar-refractivity contribution in [2.75, 3.05) is 24.9 Å². The van der Waals surface area contributed by atoms with Crippen molar-refractivity contribution in [1.29, 1.82) is 0 Å². The van der Waals surface area contributed by atoms with Gasteiger partial charge in [-0.2, -0.15) is 12.7 Å². The Bertz CT molecular complexity index is 987. The van der Waals surface area contributed by atoms with Gasteiger partial charge in [0.2, 0.25) is 11.8 Å². The molecule has 2 saturated heterocycles. The van der Waals surface area contributed by atoms with E-state index in [1.807, 2.05) is 0 Å². The molecule has 11 heteroatoms. The SMILES string of the molecule is COC1CCN(S(=O)(=O)Nc2ccc3c(c2)C(=O)N(C2CCC(=O)NC2=O)C3)CC1. The topological polar surface area (TPSA) is 125 Å². The molecule has 0 radical (unpaired) electrons. The van der Waals surface area contributed by atoms with Gasteiger partial charge >= 0.3 is 10.2 Å². The van der Waals surface area contributed by atoms with Crippen molar-refractivity contribution in [3.05, 3.63) is 29.3 Å². The summed E-state index contributed by atoms with van der Waals surface area (Å²) in [5.41, 5.74) is 1.37. The van der Waals surface area contributed by atoms with Crippen molar-refractivity contribution in [3.63, 3.8) is 0 Å². The molecule has 0 aromatic heterocycles. The van der Waals surface area contributed by atoms with Crippen LogP contribution >= 0.6 is 0 Å². The highest BCUT2D eigenvalue weighted by Gasteiger charge is 2.39. The van der Waals surface area contributed by atoms with E-state index >= 15 is 0 Å². The maximum absolute atomic E-state index is 12.9. The Hall–Kier alpha value is -2.50. The number of nitrogens with zero attached hydrogens (tertiary/aromatic N) is 2. The van der Waals surface area contributed by atoms with Crippen molar-refractivity contribution >= 4 is 33.6 Å². The summed E-state index contributed by atoms with van der Waals surface area (Å²) in [5, 5.41) is 2.26. The van der Waals surface area contributed by atoms with Crippen molar-refractivity contribution in [1.82, 2.24) is 14.5 Å². The summed E-state index contributed by atoms with van der Waals surface area (Å²) in [4.78, 5) is 37.8. The van der Waals surface area contributed by atoms with Crippen molar-refractivity contribution in [3.8, 4) is 0 Å². The first-order chi connectivity index (χ1) is 14.3. The first kappa shape index (κ1) is 20.8. The van der Waals surface area contributed by atoms with Crippen LogP contribution < -0.4 is 10.0 Å². The Kier molecular flexibility index (Phi) is 5.51. The molecule has 3 heterocycles. The highest BCUT2D eigenvalue weighted by molar-refractivity contribution is 7.90. The van der Waals surface area contributed by atoms with Crippen molar-refractivity contribution in [2.24, 2.45) is 0 Å². The number of carbonyl (C=O) groups is 3. The van der Waals surface area contributed by atoms with Gasteiger partial charge in [0, 0.05) is 38.7 Å². The number of fused-ring (bicyclic) bond motifs is 1. The average Bonchev–Trinajstić information content (AvgIpc) is 3.04. The number of piperidine rings is 2. The van der Waals surface area contributed by atoms with Gasteiger partial charge in [-0.1, -0.05) is 6.07 Å². The third-order valence-corrected chi connectivity index (χ3v) is 7.39. The number of methoxy groups -OCH3 is 1. The van der Waals surface area contributed by atoms with E-state index in [-0.39, 0.29) is 37.3 Å². The minimum atomic E-state index is -3.75. The van der Waals surface area contributed by atoms with E-state index in [9.17, 15) is 22.8 Å². The zero-order valence-electron chi connectivity index (χ0n) is 16.6. The Labute approximate surface area is 174 Å². The largest absolute Gasteiger partial charge is 0.381 e. The maximum atomic E-state index is 12.9. The summed E-state index contributed by atoms with van der Waals surface area (Å²) >= 11 is 0. The fourth-order valence-corrected chi connectivity index (χ4v) is 5.39. The quantitative estimate of drug-likeness (QED) is 0.636. The minimum absolute atomic E-state index is 0.0623. The van der Waals surface area contributed by atoms with Gasteiger partial charge in [0.05, 0.1) is 11.8 Å². The van der Waals surface area contributed by atoms with Crippen LogP contribution in [-0.4, -0.2) is 67.7 Å². The Morgan fingerprint density at radius 3 is 2.53 bits per heavy atom. The van der Waals surface area contributed by atoms with E-state index in [1.165, 1.54) is 15.3 Å². The lowest BCUT2D eigenvalue weighted by Gasteiger charge is -2.30. The summed E-state index contributed by atoms with van der Waals surface area (Å²) in [5.74, 6) is -1.17. The van der Waals surface area contributed by atoms with Crippen LogP contribution in [-0.2, 0) is 31.1 Å². The minimum Gasteiger partial charge on any atom is -0.381 e. The fourth-order valence-electron chi connectivity index (χ4n) is 4.14. The van der Waals surface area contributed by atoms with Crippen LogP contribution in [0.25, 0.3) is 0 Å². The van der Waals surface area contributed by atoms with Crippen LogP contribution in [0.5, 0.6) is 0 Å². The number of benzene rings is 1. The van der Waals surface area contributed by atoms with Crippen LogP contribution in [0.1, 0.15) is 41.6 Å². The smallest absolute Gasteiger partial charge is 0.301 e. The second-order valence-electron chi connectivity index (χ2n) is 7.71. The standard InChI is InChI=1S/C19H24N4O6S/c1-29-14-6-8-22(9-7-14)30(27,28)21-13-3-2-12-11-23(19(26)15(12)10-13)16-4-5-17(24)20-18(16)25/h2-3,10,14,16,21H,4-9,11H2,1H3,(H,20,24,25). The van der Waals surface area contributed by atoms with Crippen LogP contribution in [0.3, 0.4) is 0 Å². The molecule has 2 fully saturated rings. The number of hydrogen-bond acceptors (Lipinski definition) is 6. The maximum Gasteiger partial charge on any atom is 0.301 e. The molecule has 3 aliphatic heterocycles. The Morgan fingerprint density at radius 2 is 1.87 bits per heavy atom. The third kappa shape index (κ3) is 3.92. The van der Waals surface area contributed by atoms with Crippen molar-refractivity contribution < 1.29 is 27.5 Å². The number of nitrogens with one attached hydrogen (secondary N) is 2. The number of imide groups is 1. The molecular formula is C19H24N4O6S. The molecule has 1 unspecified atom stereocenters. The molecule has 30 heavy (non-hydrogen) atoms. The zero-order valence-corrected chi connectivity index (χ0v) is 17.4. The van der Waals surface area contributed by atoms with E-state index in [4.69, 9.17) is 4.74 Å². The number of rotatable bonds is 5. The molecule has 3 amide bonds. The van der Waals surface area contributed by atoms with Crippen LogP contribution in [0, 0.1) is 0 Å². The average molecular weight is 436 g/mol. The highest BCUT2D eigenvalue weighted by atomic mass is 32.2. The van der Waals surface area contributed by atoms with Crippen LogP contribution in [0.15, 0.2) is 18.2 Å². The monoisotopic (exact) mass is 436 g/mol. The predicted molar refractivity (Wildman–Crippen MR) is 107 cm³/mol. The van der Waals surface area contributed by atoms with Gasteiger partial charge in [-0.3, -0.25) is 24.4 Å². The molecule has 0 saturated carbocycles. The van der Waals surface area contributed by atoms with E-state index in [2.05, 4.69) is 10.0 Å². The fraction of sp³-hybridized carbons (Fsp3) is 0.526. The molecule has 1 atom stereocenters. The summed E-state index contributed by atoms with van der Waals surface area (Å²) in [6.45, 7) is 0.972. The molecule has 1 aromatic carbocycles. The molecule has 2 N–H and O–H groups in total. The molecule has 3 aliphatic rings.